The molecule has 0 amide bonds. The van der Waals surface area contributed by atoms with Crippen molar-refractivity contribution in [3.63, 3.8) is 0 Å². The Bertz CT molecular complexity index is 1160. The van der Waals surface area contributed by atoms with E-state index in [1.165, 1.54) is 0 Å². The molecule has 7 heteroatoms. The quantitative estimate of drug-likeness (QED) is 0.186. The molecule has 0 saturated carbocycles. The zero-order valence-electron chi connectivity index (χ0n) is 21.4. The van der Waals surface area contributed by atoms with Gasteiger partial charge in [-0.05, 0) is 24.3 Å². The number of rotatable bonds is 16. The van der Waals surface area contributed by atoms with Gasteiger partial charge in [0.05, 0.1) is 53.9 Å². The lowest BCUT2D eigenvalue weighted by molar-refractivity contribution is 0.00512. The topological polar surface area (TPSA) is 64.6 Å². The zero-order chi connectivity index (χ0) is 25.7. The molecule has 0 heterocycles. The predicted molar refractivity (Wildman–Crippen MR) is 144 cm³/mol. The average molecular weight is 507 g/mol. The van der Waals surface area contributed by atoms with Crippen LogP contribution in [0.15, 0.2) is 72.8 Å². The Morgan fingerprint density at radius 3 is 1.03 bits per heavy atom. The lowest BCUT2D eigenvalue weighted by Gasteiger charge is -2.12. The maximum Gasteiger partial charge on any atom is 0.127 e. The molecule has 0 aliphatic heterocycles. The first kappa shape index (κ1) is 26.5. The molecule has 4 rings (SSSR count). The molecule has 0 saturated heterocycles. The third kappa shape index (κ3) is 7.26. The van der Waals surface area contributed by atoms with Gasteiger partial charge in [0.15, 0.2) is 0 Å². The second kappa shape index (κ2) is 14.3. The summed E-state index contributed by atoms with van der Waals surface area (Å²) in [5.41, 5.74) is 0. The van der Waals surface area contributed by atoms with Gasteiger partial charge in [0.1, 0.15) is 36.2 Å². The molecule has 4 aromatic rings. The number of methoxy groups -OCH3 is 2. The van der Waals surface area contributed by atoms with Crippen molar-refractivity contribution in [2.24, 2.45) is 0 Å². The molecular formula is C30H34O7. The van der Waals surface area contributed by atoms with Gasteiger partial charge in [-0.15, -0.1) is 0 Å². The SMILES string of the molecule is COc1cccc2c(OCCOCCOCCOCCOc3cccc4c(OC)cccc34)cccc12. The molecule has 0 unspecified atom stereocenters. The van der Waals surface area contributed by atoms with E-state index in [4.69, 9.17) is 33.2 Å². The summed E-state index contributed by atoms with van der Waals surface area (Å²) in [5, 5.41) is 4.10. The highest BCUT2D eigenvalue weighted by molar-refractivity contribution is 5.93. The Hall–Kier alpha value is -3.52. The Balaban J connectivity index is 1.03. The summed E-state index contributed by atoms with van der Waals surface area (Å²) in [6.07, 6.45) is 0. The lowest BCUT2D eigenvalue weighted by Crippen LogP contribution is -2.14. The molecule has 4 aromatic carbocycles. The van der Waals surface area contributed by atoms with Crippen molar-refractivity contribution in [1.29, 1.82) is 0 Å². The van der Waals surface area contributed by atoms with Crippen LogP contribution in [0.5, 0.6) is 23.0 Å². The van der Waals surface area contributed by atoms with E-state index >= 15 is 0 Å². The van der Waals surface area contributed by atoms with Crippen LogP contribution in [0.25, 0.3) is 21.5 Å². The summed E-state index contributed by atoms with van der Waals surface area (Å²) in [4.78, 5) is 0. The molecule has 0 spiro atoms. The number of hydrogen-bond donors (Lipinski definition) is 0. The number of benzene rings is 4. The molecule has 0 aliphatic rings. The monoisotopic (exact) mass is 506 g/mol. The van der Waals surface area contributed by atoms with Gasteiger partial charge in [-0.3, -0.25) is 0 Å². The number of ether oxygens (including phenoxy) is 7. The van der Waals surface area contributed by atoms with Crippen LogP contribution < -0.4 is 18.9 Å². The van der Waals surface area contributed by atoms with E-state index in [2.05, 4.69) is 0 Å². The summed E-state index contributed by atoms with van der Waals surface area (Å²) < 4.78 is 39.5. The minimum Gasteiger partial charge on any atom is -0.496 e. The molecule has 0 radical (unpaired) electrons. The van der Waals surface area contributed by atoms with Crippen LogP contribution in [-0.2, 0) is 14.2 Å². The van der Waals surface area contributed by atoms with Crippen LogP contribution in [-0.4, -0.2) is 67.1 Å². The van der Waals surface area contributed by atoms with E-state index in [9.17, 15) is 0 Å². The van der Waals surface area contributed by atoms with Gasteiger partial charge >= 0.3 is 0 Å². The maximum atomic E-state index is 5.91. The minimum absolute atomic E-state index is 0.461. The van der Waals surface area contributed by atoms with E-state index < -0.39 is 0 Å². The normalized spacial score (nSPS) is 11.1. The van der Waals surface area contributed by atoms with Crippen molar-refractivity contribution in [2.75, 3.05) is 67.1 Å². The van der Waals surface area contributed by atoms with Gasteiger partial charge in [0, 0.05) is 21.5 Å². The van der Waals surface area contributed by atoms with Gasteiger partial charge in [-0.1, -0.05) is 48.5 Å². The van der Waals surface area contributed by atoms with Gasteiger partial charge in [0.25, 0.3) is 0 Å². The van der Waals surface area contributed by atoms with E-state index in [0.29, 0.717) is 52.9 Å². The molecule has 0 bridgehead atoms. The van der Waals surface area contributed by atoms with Crippen LogP contribution in [0.1, 0.15) is 0 Å². The molecular weight excluding hydrogens is 472 g/mol. The second-order valence-corrected chi connectivity index (χ2v) is 8.16. The van der Waals surface area contributed by atoms with E-state index in [1.54, 1.807) is 14.2 Å². The first-order valence-corrected chi connectivity index (χ1v) is 12.4. The zero-order valence-corrected chi connectivity index (χ0v) is 21.4. The first-order chi connectivity index (χ1) is 18.3. The minimum atomic E-state index is 0.461. The Morgan fingerprint density at radius 2 is 0.676 bits per heavy atom. The van der Waals surface area contributed by atoms with Gasteiger partial charge in [0.2, 0.25) is 0 Å². The Kier molecular flexibility index (Phi) is 10.2. The van der Waals surface area contributed by atoms with Gasteiger partial charge < -0.3 is 33.2 Å². The molecule has 37 heavy (non-hydrogen) atoms. The number of hydrogen-bond acceptors (Lipinski definition) is 7. The van der Waals surface area contributed by atoms with E-state index in [1.807, 2.05) is 72.8 Å². The van der Waals surface area contributed by atoms with Crippen molar-refractivity contribution in [1.82, 2.24) is 0 Å². The van der Waals surface area contributed by atoms with E-state index in [0.717, 1.165) is 44.5 Å². The number of fused-ring (bicyclic) bond motifs is 2. The van der Waals surface area contributed by atoms with Crippen LogP contribution in [0, 0.1) is 0 Å². The fourth-order valence-electron chi connectivity index (χ4n) is 4.08. The van der Waals surface area contributed by atoms with Crippen LogP contribution >= 0.6 is 0 Å². The highest BCUT2D eigenvalue weighted by Gasteiger charge is 2.07. The van der Waals surface area contributed by atoms with E-state index in [-0.39, 0.29) is 0 Å². The van der Waals surface area contributed by atoms with Gasteiger partial charge in [-0.25, -0.2) is 0 Å². The standard InChI is InChI=1S/C30H34O7/c1-31-27-11-3-9-25-23(27)7-5-13-29(25)36-21-19-34-17-15-33-16-18-35-20-22-37-30-14-6-8-24-26(30)10-4-12-28(24)32-2/h3-14H,15-22H2,1-2H3. The molecule has 0 N–H and O–H groups in total. The molecule has 7 nitrogen and oxygen atoms in total. The van der Waals surface area contributed by atoms with Crippen molar-refractivity contribution < 1.29 is 33.2 Å². The second-order valence-electron chi connectivity index (χ2n) is 8.16. The fourth-order valence-corrected chi connectivity index (χ4v) is 4.08. The fraction of sp³-hybridized carbons (Fsp3) is 0.333. The van der Waals surface area contributed by atoms with Crippen LogP contribution in [0.3, 0.4) is 0 Å². The highest BCUT2D eigenvalue weighted by Crippen LogP contribution is 2.32. The van der Waals surface area contributed by atoms with Crippen molar-refractivity contribution in [3.05, 3.63) is 72.8 Å². The Labute approximate surface area is 217 Å². The molecule has 0 fully saturated rings. The van der Waals surface area contributed by atoms with Crippen molar-refractivity contribution >= 4 is 21.5 Å². The van der Waals surface area contributed by atoms with Crippen LogP contribution in [0.2, 0.25) is 0 Å². The van der Waals surface area contributed by atoms with Crippen molar-refractivity contribution in [2.45, 2.75) is 0 Å². The van der Waals surface area contributed by atoms with Crippen molar-refractivity contribution in [3.8, 4) is 23.0 Å². The van der Waals surface area contributed by atoms with Gasteiger partial charge in [-0.2, -0.15) is 0 Å². The highest BCUT2D eigenvalue weighted by atomic mass is 16.6. The lowest BCUT2D eigenvalue weighted by atomic mass is 10.1. The third-order valence-corrected chi connectivity index (χ3v) is 5.84. The largest absolute Gasteiger partial charge is 0.496 e. The molecule has 0 atom stereocenters. The summed E-state index contributed by atoms with van der Waals surface area (Å²) in [6.45, 7) is 3.90. The molecule has 0 aliphatic carbocycles. The van der Waals surface area contributed by atoms with Crippen LogP contribution in [0.4, 0.5) is 0 Å². The third-order valence-electron chi connectivity index (χ3n) is 5.84. The molecule has 0 aromatic heterocycles. The summed E-state index contributed by atoms with van der Waals surface area (Å²) in [6, 6.07) is 23.7. The predicted octanol–water partition coefficient (Wildman–Crippen LogP) is 5.52. The molecule has 196 valence electrons. The summed E-state index contributed by atoms with van der Waals surface area (Å²) in [5.74, 6) is 3.30. The Morgan fingerprint density at radius 1 is 0.378 bits per heavy atom. The maximum absolute atomic E-state index is 5.91. The first-order valence-electron chi connectivity index (χ1n) is 12.4. The summed E-state index contributed by atoms with van der Waals surface area (Å²) in [7, 11) is 3.34. The smallest absolute Gasteiger partial charge is 0.127 e. The average Bonchev–Trinajstić information content (AvgIpc) is 2.94. The summed E-state index contributed by atoms with van der Waals surface area (Å²) >= 11 is 0.